The van der Waals surface area contributed by atoms with Crippen LogP contribution in [0.2, 0.25) is 0 Å². The molecule has 0 radical (unpaired) electrons. The van der Waals surface area contributed by atoms with E-state index in [0.29, 0.717) is 17.7 Å². The van der Waals surface area contributed by atoms with E-state index in [9.17, 15) is 24.5 Å². The van der Waals surface area contributed by atoms with Crippen molar-refractivity contribution in [1.82, 2.24) is 5.32 Å². The van der Waals surface area contributed by atoms with Gasteiger partial charge >= 0.3 is 0 Å². The molecular formula is C23H22N4O5S. The zero-order valence-electron chi connectivity index (χ0n) is 18.0. The summed E-state index contributed by atoms with van der Waals surface area (Å²) in [6.07, 6.45) is 2.56. The second-order valence-corrected chi connectivity index (χ2v) is 9.52. The molecule has 5 rings (SSSR count). The van der Waals surface area contributed by atoms with Gasteiger partial charge in [0.25, 0.3) is 5.69 Å². The van der Waals surface area contributed by atoms with Gasteiger partial charge in [-0.05, 0) is 37.5 Å². The summed E-state index contributed by atoms with van der Waals surface area (Å²) in [6, 6.07) is 11.1. The predicted octanol–water partition coefficient (Wildman–Crippen LogP) is 2.58. The number of hydrogen-bond donors (Lipinski definition) is 2. The van der Waals surface area contributed by atoms with Gasteiger partial charge in [0.05, 0.1) is 28.0 Å². The molecule has 2 N–H and O–H groups in total. The van der Waals surface area contributed by atoms with E-state index in [1.165, 1.54) is 19.1 Å². The fourth-order valence-electron chi connectivity index (χ4n) is 5.54. The number of carbonyl (C=O) groups excluding carboxylic acids is 3. The summed E-state index contributed by atoms with van der Waals surface area (Å²) >= 11 is 1.62. The normalized spacial score (nSPS) is 27.8. The number of nitrogens with one attached hydrogen (secondary N) is 2. The molecule has 2 saturated heterocycles. The number of carbonyl (C=O) groups is 3. The molecule has 10 heteroatoms. The molecule has 33 heavy (non-hydrogen) atoms. The Morgan fingerprint density at radius 2 is 1.88 bits per heavy atom. The van der Waals surface area contributed by atoms with Gasteiger partial charge in [0.2, 0.25) is 17.7 Å². The van der Waals surface area contributed by atoms with Gasteiger partial charge < -0.3 is 5.32 Å². The van der Waals surface area contributed by atoms with Crippen molar-refractivity contribution in [3.8, 4) is 0 Å². The summed E-state index contributed by atoms with van der Waals surface area (Å²) in [4.78, 5) is 52.9. The van der Waals surface area contributed by atoms with Crippen LogP contribution in [0.5, 0.6) is 0 Å². The van der Waals surface area contributed by atoms with E-state index in [-0.39, 0.29) is 28.9 Å². The highest BCUT2D eigenvalue weighted by molar-refractivity contribution is 7.98. The van der Waals surface area contributed by atoms with Crippen LogP contribution in [0.25, 0.3) is 0 Å². The van der Waals surface area contributed by atoms with E-state index in [4.69, 9.17) is 0 Å². The lowest BCUT2D eigenvalue weighted by Crippen LogP contribution is -2.53. The number of amides is 3. The number of nitro groups is 1. The van der Waals surface area contributed by atoms with E-state index in [0.717, 1.165) is 10.7 Å². The van der Waals surface area contributed by atoms with Crippen molar-refractivity contribution in [2.45, 2.75) is 24.9 Å². The summed E-state index contributed by atoms with van der Waals surface area (Å²) in [5, 5.41) is 17.7. The Morgan fingerprint density at radius 3 is 2.61 bits per heavy atom. The molecule has 3 heterocycles. The minimum Gasteiger partial charge on any atom is -0.324 e. The molecule has 0 aliphatic carbocycles. The second kappa shape index (κ2) is 7.67. The van der Waals surface area contributed by atoms with Crippen LogP contribution in [0.3, 0.4) is 0 Å². The Morgan fingerprint density at radius 1 is 1.12 bits per heavy atom. The van der Waals surface area contributed by atoms with Gasteiger partial charge in [-0.3, -0.25) is 29.8 Å². The van der Waals surface area contributed by atoms with Crippen molar-refractivity contribution in [3.63, 3.8) is 0 Å². The first-order valence-corrected chi connectivity index (χ1v) is 12.0. The topological polar surface area (TPSA) is 122 Å². The zero-order valence-corrected chi connectivity index (χ0v) is 18.8. The number of imide groups is 1. The van der Waals surface area contributed by atoms with Crippen LogP contribution in [0.4, 0.5) is 17.1 Å². The smallest absolute Gasteiger partial charge is 0.274 e. The minimum atomic E-state index is -1.36. The van der Waals surface area contributed by atoms with Crippen molar-refractivity contribution >= 4 is 46.5 Å². The van der Waals surface area contributed by atoms with E-state index >= 15 is 0 Å². The summed E-state index contributed by atoms with van der Waals surface area (Å²) in [7, 11) is 0. The molecule has 3 aliphatic rings. The molecule has 1 spiro atoms. The Bertz CT molecular complexity index is 1220. The number of fused-ring (bicyclic) bond motifs is 4. The Kier molecular flexibility index (Phi) is 5.02. The van der Waals surface area contributed by atoms with Gasteiger partial charge in [-0.1, -0.05) is 24.3 Å². The van der Waals surface area contributed by atoms with E-state index in [2.05, 4.69) is 10.6 Å². The van der Waals surface area contributed by atoms with E-state index in [1.54, 1.807) is 42.1 Å². The Hall–Kier alpha value is -3.24. The predicted molar refractivity (Wildman–Crippen MR) is 124 cm³/mol. The number of rotatable bonds is 5. The molecule has 2 fully saturated rings. The van der Waals surface area contributed by atoms with Crippen LogP contribution < -0.4 is 15.5 Å². The SMILES string of the molecule is CSCC[C@H]1N[C@@]2(C(=O)Nc3ccccc32)[C@@H]2C(=O)N(c3cccc([N+](=O)[O-])c3C)C(=O)[C@@H]21. The highest BCUT2D eigenvalue weighted by Crippen LogP contribution is 2.54. The first-order valence-electron chi connectivity index (χ1n) is 10.6. The van der Waals surface area contributed by atoms with Crippen molar-refractivity contribution in [3.05, 3.63) is 63.7 Å². The molecule has 0 aromatic heterocycles. The highest BCUT2D eigenvalue weighted by atomic mass is 32.2. The number of para-hydroxylation sites is 1. The van der Waals surface area contributed by atoms with Gasteiger partial charge in [-0.15, -0.1) is 0 Å². The molecule has 3 amide bonds. The van der Waals surface area contributed by atoms with Gasteiger partial charge in [-0.2, -0.15) is 11.8 Å². The molecule has 0 saturated carbocycles. The molecule has 2 aromatic carbocycles. The standard InChI is InChI=1S/C23H22N4O5S/c1-12-16(8-5-9-17(12)27(31)32)26-20(28)18-15(10-11-33-2)25-23(19(18)21(26)29)13-6-3-4-7-14(13)24-22(23)30/h3-9,15,18-19,25H,10-11H2,1-2H3,(H,24,30)/t15-,18-,19+,23-/m1/s1. The van der Waals surface area contributed by atoms with Crippen molar-refractivity contribution < 1.29 is 19.3 Å². The fraction of sp³-hybridized carbons (Fsp3) is 0.348. The Labute approximate surface area is 194 Å². The number of benzene rings is 2. The number of nitro benzene ring substituents is 1. The monoisotopic (exact) mass is 466 g/mol. The summed E-state index contributed by atoms with van der Waals surface area (Å²) < 4.78 is 0. The lowest BCUT2D eigenvalue weighted by atomic mass is 9.76. The first-order chi connectivity index (χ1) is 15.8. The lowest BCUT2D eigenvalue weighted by Gasteiger charge is -2.29. The summed E-state index contributed by atoms with van der Waals surface area (Å²) in [5.41, 5.74) is 0.170. The van der Waals surface area contributed by atoms with E-state index < -0.39 is 34.1 Å². The zero-order chi connectivity index (χ0) is 23.5. The van der Waals surface area contributed by atoms with Crippen LogP contribution in [0.15, 0.2) is 42.5 Å². The van der Waals surface area contributed by atoms with Crippen molar-refractivity contribution in [2.75, 3.05) is 22.2 Å². The third kappa shape index (κ3) is 2.87. The highest BCUT2D eigenvalue weighted by Gasteiger charge is 2.70. The third-order valence-electron chi connectivity index (χ3n) is 6.97. The van der Waals surface area contributed by atoms with Gasteiger partial charge in [0, 0.05) is 23.4 Å². The average Bonchev–Trinajstić information content (AvgIpc) is 3.37. The summed E-state index contributed by atoms with van der Waals surface area (Å²) in [6.45, 7) is 1.53. The molecule has 9 nitrogen and oxygen atoms in total. The van der Waals surface area contributed by atoms with Gasteiger partial charge in [0.15, 0.2) is 0 Å². The lowest BCUT2D eigenvalue weighted by molar-refractivity contribution is -0.385. The van der Waals surface area contributed by atoms with Crippen LogP contribution in [-0.4, -0.2) is 40.7 Å². The largest absolute Gasteiger partial charge is 0.324 e. The Balaban J connectivity index is 1.66. The van der Waals surface area contributed by atoms with E-state index in [1.807, 2.05) is 6.26 Å². The van der Waals surface area contributed by atoms with Crippen LogP contribution >= 0.6 is 11.8 Å². The van der Waals surface area contributed by atoms with Crippen molar-refractivity contribution in [1.29, 1.82) is 0 Å². The summed E-state index contributed by atoms with van der Waals surface area (Å²) in [5.74, 6) is -2.25. The maximum absolute atomic E-state index is 13.9. The van der Waals surface area contributed by atoms with Crippen LogP contribution in [0, 0.1) is 28.9 Å². The number of anilines is 2. The van der Waals surface area contributed by atoms with Crippen molar-refractivity contribution in [2.24, 2.45) is 11.8 Å². The molecule has 4 atom stereocenters. The molecule has 3 aliphatic heterocycles. The third-order valence-corrected chi connectivity index (χ3v) is 7.61. The van der Waals surface area contributed by atoms with Gasteiger partial charge in [-0.25, -0.2) is 4.90 Å². The van der Waals surface area contributed by atoms with Crippen LogP contribution in [-0.2, 0) is 19.9 Å². The minimum absolute atomic E-state index is 0.166. The molecular weight excluding hydrogens is 444 g/mol. The molecule has 0 bridgehead atoms. The number of hydrogen-bond acceptors (Lipinski definition) is 7. The molecule has 170 valence electrons. The van der Waals surface area contributed by atoms with Gasteiger partial charge in [0.1, 0.15) is 5.54 Å². The second-order valence-electron chi connectivity index (χ2n) is 8.53. The fourth-order valence-corrected chi connectivity index (χ4v) is 6.03. The molecule has 0 unspecified atom stereocenters. The maximum Gasteiger partial charge on any atom is 0.274 e. The van der Waals surface area contributed by atoms with Crippen LogP contribution in [0.1, 0.15) is 17.5 Å². The quantitative estimate of drug-likeness (QED) is 0.395. The average molecular weight is 467 g/mol. The first kappa shape index (κ1) is 21.6. The molecule has 2 aromatic rings. The number of nitrogens with zero attached hydrogens (tertiary/aromatic N) is 2. The maximum atomic E-state index is 13.9. The number of thioether (sulfide) groups is 1.